The standard InChI is InChI=1S/C19H16N2O/c22-19(16-9-5-2-6-10-16)18(15-7-3-1-4-8-15)21-17-11-13-20-14-12-17/h1-14,18H,(H,20,21). The van der Waals surface area contributed by atoms with Gasteiger partial charge in [0.2, 0.25) is 0 Å². The normalized spacial score (nSPS) is 11.6. The number of hydrogen-bond donors (Lipinski definition) is 1. The van der Waals surface area contributed by atoms with Crippen LogP contribution >= 0.6 is 0 Å². The molecule has 0 saturated heterocycles. The van der Waals surface area contributed by atoms with E-state index < -0.39 is 6.04 Å². The van der Waals surface area contributed by atoms with Crippen LogP contribution in [0.2, 0.25) is 0 Å². The maximum atomic E-state index is 12.9. The zero-order chi connectivity index (χ0) is 15.2. The van der Waals surface area contributed by atoms with Crippen molar-refractivity contribution in [2.24, 2.45) is 0 Å². The maximum absolute atomic E-state index is 12.9. The number of nitrogens with zero attached hydrogens (tertiary/aromatic N) is 1. The molecule has 1 N–H and O–H groups in total. The lowest BCUT2D eigenvalue weighted by Gasteiger charge is -2.19. The molecule has 0 aliphatic heterocycles. The first kappa shape index (κ1) is 14.0. The average Bonchev–Trinajstić information content (AvgIpc) is 2.61. The molecule has 3 rings (SSSR count). The van der Waals surface area contributed by atoms with E-state index in [9.17, 15) is 4.79 Å². The molecule has 0 saturated carbocycles. The molecule has 3 heteroatoms. The monoisotopic (exact) mass is 288 g/mol. The van der Waals surface area contributed by atoms with Gasteiger partial charge in [-0.2, -0.15) is 0 Å². The molecule has 1 unspecified atom stereocenters. The van der Waals surface area contributed by atoms with Crippen molar-refractivity contribution in [1.82, 2.24) is 4.98 Å². The Kier molecular flexibility index (Phi) is 4.25. The van der Waals surface area contributed by atoms with Crippen LogP contribution in [0.15, 0.2) is 85.2 Å². The first-order valence-corrected chi connectivity index (χ1v) is 7.15. The predicted octanol–water partition coefficient (Wildman–Crippen LogP) is 4.12. The van der Waals surface area contributed by atoms with Crippen LogP contribution in [0.3, 0.4) is 0 Å². The average molecular weight is 288 g/mol. The van der Waals surface area contributed by atoms with E-state index in [1.54, 1.807) is 12.4 Å². The van der Waals surface area contributed by atoms with Crippen molar-refractivity contribution >= 4 is 11.5 Å². The highest BCUT2D eigenvalue weighted by atomic mass is 16.1. The molecular formula is C19H16N2O. The number of anilines is 1. The Bertz CT molecular complexity index is 727. The molecule has 0 spiro atoms. The van der Waals surface area contributed by atoms with Gasteiger partial charge in [-0.15, -0.1) is 0 Å². The Morgan fingerprint density at radius 2 is 1.41 bits per heavy atom. The third-order valence-corrected chi connectivity index (χ3v) is 3.44. The van der Waals surface area contributed by atoms with Crippen molar-refractivity contribution in [1.29, 1.82) is 0 Å². The van der Waals surface area contributed by atoms with Crippen LogP contribution < -0.4 is 5.32 Å². The molecule has 1 aromatic heterocycles. The first-order valence-electron chi connectivity index (χ1n) is 7.15. The number of pyridine rings is 1. The molecule has 0 aliphatic carbocycles. The molecule has 1 atom stereocenters. The summed E-state index contributed by atoms with van der Waals surface area (Å²) in [7, 11) is 0. The van der Waals surface area contributed by atoms with E-state index in [-0.39, 0.29) is 5.78 Å². The largest absolute Gasteiger partial charge is 0.371 e. The number of ketones is 1. The molecular weight excluding hydrogens is 272 g/mol. The van der Waals surface area contributed by atoms with Gasteiger partial charge in [0.05, 0.1) is 0 Å². The molecule has 1 heterocycles. The van der Waals surface area contributed by atoms with Crippen molar-refractivity contribution in [3.05, 3.63) is 96.3 Å². The van der Waals surface area contributed by atoms with Crippen LogP contribution in [0.25, 0.3) is 0 Å². The van der Waals surface area contributed by atoms with E-state index in [1.807, 2.05) is 72.8 Å². The van der Waals surface area contributed by atoms with Crippen molar-refractivity contribution in [3.63, 3.8) is 0 Å². The number of rotatable bonds is 5. The number of carbonyl (C=O) groups excluding carboxylic acids is 1. The van der Waals surface area contributed by atoms with Crippen molar-refractivity contribution in [3.8, 4) is 0 Å². The highest BCUT2D eigenvalue weighted by Crippen LogP contribution is 2.23. The molecule has 0 bridgehead atoms. The van der Waals surface area contributed by atoms with Crippen LogP contribution in [0.4, 0.5) is 5.69 Å². The molecule has 0 radical (unpaired) electrons. The Labute approximate surface area is 129 Å². The zero-order valence-corrected chi connectivity index (χ0v) is 12.0. The summed E-state index contributed by atoms with van der Waals surface area (Å²) >= 11 is 0. The van der Waals surface area contributed by atoms with Crippen molar-refractivity contribution < 1.29 is 4.79 Å². The topological polar surface area (TPSA) is 42.0 Å². The Hall–Kier alpha value is -2.94. The summed E-state index contributed by atoms with van der Waals surface area (Å²) in [5.74, 6) is 0.0450. The highest BCUT2D eigenvalue weighted by molar-refractivity contribution is 6.02. The van der Waals surface area contributed by atoms with Gasteiger partial charge >= 0.3 is 0 Å². The molecule has 0 fully saturated rings. The summed E-state index contributed by atoms with van der Waals surface area (Å²) < 4.78 is 0. The van der Waals surface area contributed by atoms with Gasteiger partial charge < -0.3 is 5.32 Å². The number of aromatic nitrogens is 1. The Morgan fingerprint density at radius 1 is 0.818 bits per heavy atom. The smallest absolute Gasteiger partial charge is 0.189 e. The Balaban J connectivity index is 1.95. The van der Waals surface area contributed by atoms with E-state index in [4.69, 9.17) is 0 Å². The lowest BCUT2D eigenvalue weighted by Crippen LogP contribution is -2.21. The second-order valence-electron chi connectivity index (χ2n) is 4.95. The molecule has 2 aromatic carbocycles. The summed E-state index contributed by atoms with van der Waals surface area (Å²) in [6.45, 7) is 0. The minimum atomic E-state index is -0.425. The molecule has 108 valence electrons. The third kappa shape index (κ3) is 3.20. The third-order valence-electron chi connectivity index (χ3n) is 3.44. The van der Waals surface area contributed by atoms with Crippen LogP contribution in [0.1, 0.15) is 22.0 Å². The summed E-state index contributed by atoms with van der Waals surface area (Å²) in [5.41, 5.74) is 2.50. The lowest BCUT2D eigenvalue weighted by atomic mass is 9.97. The van der Waals surface area contributed by atoms with Gasteiger partial charge in [-0.3, -0.25) is 9.78 Å². The van der Waals surface area contributed by atoms with Gasteiger partial charge in [0.25, 0.3) is 0 Å². The summed E-state index contributed by atoms with van der Waals surface area (Å²) in [4.78, 5) is 16.9. The number of hydrogen-bond acceptors (Lipinski definition) is 3. The van der Waals surface area contributed by atoms with Crippen LogP contribution in [-0.4, -0.2) is 10.8 Å². The minimum Gasteiger partial charge on any atom is -0.371 e. The highest BCUT2D eigenvalue weighted by Gasteiger charge is 2.21. The van der Waals surface area contributed by atoms with E-state index in [0.29, 0.717) is 5.56 Å². The molecule has 0 aliphatic rings. The first-order chi connectivity index (χ1) is 10.8. The minimum absolute atomic E-state index is 0.0450. The van der Waals surface area contributed by atoms with Gasteiger partial charge in [0.15, 0.2) is 5.78 Å². The van der Waals surface area contributed by atoms with Gasteiger partial charge in [-0.1, -0.05) is 60.7 Å². The van der Waals surface area contributed by atoms with Crippen molar-refractivity contribution in [2.45, 2.75) is 6.04 Å². The summed E-state index contributed by atoms with van der Waals surface area (Å²) in [6.07, 6.45) is 3.41. The Morgan fingerprint density at radius 3 is 2.05 bits per heavy atom. The number of Topliss-reactive ketones (excluding diaryl/α,β-unsaturated/α-hetero) is 1. The zero-order valence-electron chi connectivity index (χ0n) is 12.0. The number of carbonyl (C=O) groups is 1. The van der Waals surface area contributed by atoms with Crippen LogP contribution in [0.5, 0.6) is 0 Å². The van der Waals surface area contributed by atoms with Crippen LogP contribution in [-0.2, 0) is 0 Å². The van der Waals surface area contributed by atoms with E-state index >= 15 is 0 Å². The predicted molar refractivity (Wildman–Crippen MR) is 87.8 cm³/mol. The van der Waals surface area contributed by atoms with E-state index in [0.717, 1.165) is 11.3 Å². The van der Waals surface area contributed by atoms with Gasteiger partial charge in [0, 0.05) is 23.6 Å². The quantitative estimate of drug-likeness (QED) is 0.718. The second-order valence-corrected chi connectivity index (χ2v) is 4.95. The van der Waals surface area contributed by atoms with Crippen molar-refractivity contribution in [2.75, 3.05) is 5.32 Å². The number of nitrogens with one attached hydrogen (secondary N) is 1. The molecule has 0 amide bonds. The summed E-state index contributed by atoms with van der Waals surface area (Å²) in [5, 5.41) is 3.30. The molecule has 3 aromatic rings. The van der Waals surface area contributed by atoms with E-state index in [1.165, 1.54) is 0 Å². The van der Waals surface area contributed by atoms with Gasteiger partial charge in [-0.25, -0.2) is 0 Å². The fourth-order valence-electron chi connectivity index (χ4n) is 2.33. The lowest BCUT2D eigenvalue weighted by molar-refractivity contribution is 0.0969. The second kappa shape index (κ2) is 6.68. The van der Waals surface area contributed by atoms with Gasteiger partial charge in [-0.05, 0) is 17.7 Å². The fourth-order valence-corrected chi connectivity index (χ4v) is 2.33. The van der Waals surface area contributed by atoms with E-state index in [2.05, 4.69) is 10.3 Å². The van der Waals surface area contributed by atoms with Crippen LogP contribution in [0, 0.1) is 0 Å². The fraction of sp³-hybridized carbons (Fsp3) is 0.0526. The molecule has 22 heavy (non-hydrogen) atoms. The summed E-state index contributed by atoms with van der Waals surface area (Å²) in [6, 6.07) is 22.4. The molecule has 3 nitrogen and oxygen atoms in total. The number of benzene rings is 2. The maximum Gasteiger partial charge on any atom is 0.189 e. The SMILES string of the molecule is O=C(c1ccccc1)C(Nc1ccncc1)c1ccccc1. The van der Waals surface area contributed by atoms with Gasteiger partial charge in [0.1, 0.15) is 6.04 Å².